The molecule has 0 aromatic heterocycles. The molecule has 0 radical (unpaired) electrons. The van der Waals surface area contributed by atoms with Gasteiger partial charge in [0.15, 0.2) is 0 Å². The fourth-order valence-corrected chi connectivity index (χ4v) is 2.43. The highest BCUT2D eigenvalue weighted by atomic mass is 19.3. The fraction of sp³-hybridized carbons (Fsp3) is 0.250. The molecule has 0 spiro atoms. The van der Waals surface area contributed by atoms with Gasteiger partial charge in [-0.3, -0.25) is 14.4 Å². The van der Waals surface area contributed by atoms with E-state index in [9.17, 15) is 23.2 Å². The molecule has 0 aliphatic carbocycles. The van der Waals surface area contributed by atoms with Gasteiger partial charge >= 0.3 is 5.92 Å². The van der Waals surface area contributed by atoms with Gasteiger partial charge in [0.1, 0.15) is 0 Å². The van der Waals surface area contributed by atoms with Gasteiger partial charge in [0.25, 0.3) is 11.8 Å². The van der Waals surface area contributed by atoms with Crippen molar-refractivity contribution in [2.24, 2.45) is 0 Å². The van der Waals surface area contributed by atoms with Crippen LogP contribution in [0.25, 0.3) is 0 Å². The SMILES string of the molecule is Cc1ccccc1C(=O)Nc1ccccc1C(=O)C(F)(F)C(=O)NC(C)C. The number of benzene rings is 2. The zero-order valence-corrected chi connectivity index (χ0v) is 15.2. The summed E-state index contributed by atoms with van der Waals surface area (Å²) in [6.45, 7) is 4.75. The van der Waals surface area contributed by atoms with E-state index in [4.69, 9.17) is 0 Å². The minimum Gasteiger partial charge on any atom is -0.348 e. The van der Waals surface area contributed by atoms with E-state index in [0.717, 1.165) is 6.07 Å². The maximum Gasteiger partial charge on any atom is 0.386 e. The Hall–Kier alpha value is -3.09. The molecular weight excluding hydrogens is 354 g/mol. The Bertz CT molecular complexity index is 879. The van der Waals surface area contributed by atoms with Crippen molar-refractivity contribution in [1.82, 2.24) is 5.32 Å². The molecule has 0 atom stereocenters. The van der Waals surface area contributed by atoms with E-state index in [0.29, 0.717) is 11.1 Å². The first kappa shape index (κ1) is 20.2. The zero-order valence-electron chi connectivity index (χ0n) is 15.2. The normalized spacial score (nSPS) is 11.2. The minimum absolute atomic E-state index is 0.0900. The molecule has 27 heavy (non-hydrogen) atoms. The monoisotopic (exact) mass is 374 g/mol. The predicted octanol–water partition coefficient (Wildman–Crippen LogP) is 3.59. The van der Waals surface area contributed by atoms with Crippen molar-refractivity contribution in [2.45, 2.75) is 32.7 Å². The number of rotatable bonds is 6. The first-order valence-corrected chi connectivity index (χ1v) is 8.34. The van der Waals surface area contributed by atoms with Crippen molar-refractivity contribution in [2.75, 3.05) is 5.32 Å². The number of Topliss-reactive ketones (excluding diaryl/α,β-unsaturated/α-hetero) is 1. The molecule has 0 aliphatic heterocycles. The van der Waals surface area contributed by atoms with Crippen LogP contribution in [0.15, 0.2) is 48.5 Å². The number of ketones is 1. The molecule has 0 unspecified atom stereocenters. The topological polar surface area (TPSA) is 75.3 Å². The van der Waals surface area contributed by atoms with E-state index in [1.54, 1.807) is 31.2 Å². The van der Waals surface area contributed by atoms with Gasteiger partial charge in [0.05, 0.1) is 5.69 Å². The lowest BCUT2D eigenvalue weighted by Crippen LogP contribution is -2.48. The van der Waals surface area contributed by atoms with Gasteiger partial charge < -0.3 is 10.6 Å². The van der Waals surface area contributed by atoms with Gasteiger partial charge in [-0.25, -0.2) is 0 Å². The van der Waals surface area contributed by atoms with Crippen LogP contribution in [0.3, 0.4) is 0 Å². The summed E-state index contributed by atoms with van der Waals surface area (Å²) in [4.78, 5) is 36.5. The summed E-state index contributed by atoms with van der Waals surface area (Å²) in [6, 6.07) is 11.6. The Morgan fingerprint density at radius 3 is 2.07 bits per heavy atom. The van der Waals surface area contributed by atoms with Crippen LogP contribution in [0.1, 0.15) is 40.1 Å². The summed E-state index contributed by atoms with van der Waals surface area (Å²) in [6.07, 6.45) is 0. The number of nitrogens with one attached hydrogen (secondary N) is 2. The molecule has 2 aromatic carbocycles. The summed E-state index contributed by atoms with van der Waals surface area (Å²) < 4.78 is 28.6. The van der Waals surface area contributed by atoms with Crippen LogP contribution in [0.5, 0.6) is 0 Å². The Balaban J connectivity index is 2.32. The third-order valence-electron chi connectivity index (χ3n) is 3.80. The number of halogens is 2. The molecule has 0 bridgehead atoms. The van der Waals surface area contributed by atoms with Crippen molar-refractivity contribution in [1.29, 1.82) is 0 Å². The number of hydrogen-bond donors (Lipinski definition) is 2. The standard InChI is InChI=1S/C20H20F2N2O3/c1-12(2)23-19(27)20(21,22)17(25)15-10-6-7-11-16(15)24-18(26)14-9-5-4-8-13(14)3/h4-12H,1-3H3,(H,23,27)(H,24,26). The van der Waals surface area contributed by atoms with E-state index in [1.807, 2.05) is 5.32 Å². The quantitative estimate of drug-likeness (QED) is 0.599. The molecule has 7 heteroatoms. The Kier molecular flexibility index (Phi) is 6.05. The van der Waals surface area contributed by atoms with Crippen LogP contribution in [-0.2, 0) is 4.79 Å². The Morgan fingerprint density at radius 2 is 1.48 bits per heavy atom. The molecule has 2 rings (SSSR count). The molecule has 0 fully saturated rings. The lowest BCUT2D eigenvalue weighted by Gasteiger charge is -2.18. The van der Waals surface area contributed by atoms with Crippen molar-refractivity contribution in [3.63, 3.8) is 0 Å². The molecule has 142 valence electrons. The molecule has 0 heterocycles. The average molecular weight is 374 g/mol. The maximum atomic E-state index is 14.3. The first-order valence-electron chi connectivity index (χ1n) is 8.34. The smallest absolute Gasteiger partial charge is 0.348 e. The van der Waals surface area contributed by atoms with Crippen molar-refractivity contribution >= 4 is 23.3 Å². The minimum atomic E-state index is -4.26. The number of para-hydroxylation sites is 1. The predicted molar refractivity (Wildman–Crippen MR) is 98.1 cm³/mol. The van der Waals surface area contributed by atoms with Gasteiger partial charge in [-0.15, -0.1) is 0 Å². The van der Waals surface area contributed by atoms with Crippen molar-refractivity contribution in [3.8, 4) is 0 Å². The number of carbonyl (C=O) groups excluding carboxylic acids is 3. The van der Waals surface area contributed by atoms with E-state index in [2.05, 4.69) is 5.32 Å². The van der Waals surface area contributed by atoms with Gasteiger partial charge in [0, 0.05) is 17.2 Å². The van der Waals surface area contributed by atoms with Crippen LogP contribution >= 0.6 is 0 Å². The Morgan fingerprint density at radius 1 is 0.926 bits per heavy atom. The average Bonchev–Trinajstić information content (AvgIpc) is 2.61. The summed E-state index contributed by atoms with van der Waals surface area (Å²) in [5.41, 5.74) is 0.514. The lowest BCUT2D eigenvalue weighted by atomic mass is 10.0. The van der Waals surface area contributed by atoms with Crippen molar-refractivity contribution in [3.05, 3.63) is 65.2 Å². The molecule has 2 amide bonds. The third kappa shape index (κ3) is 4.55. The van der Waals surface area contributed by atoms with E-state index < -0.39 is 35.1 Å². The number of hydrogen-bond acceptors (Lipinski definition) is 3. The third-order valence-corrected chi connectivity index (χ3v) is 3.80. The molecule has 2 N–H and O–H groups in total. The van der Waals surface area contributed by atoms with E-state index >= 15 is 0 Å². The second kappa shape index (κ2) is 8.07. The highest BCUT2D eigenvalue weighted by Gasteiger charge is 2.48. The second-order valence-corrected chi connectivity index (χ2v) is 6.35. The summed E-state index contributed by atoms with van der Waals surface area (Å²) in [5.74, 6) is -8.15. The van der Waals surface area contributed by atoms with Gasteiger partial charge in [-0.2, -0.15) is 8.78 Å². The molecule has 5 nitrogen and oxygen atoms in total. The molecule has 0 saturated carbocycles. The number of alkyl halides is 2. The summed E-state index contributed by atoms with van der Waals surface area (Å²) >= 11 is 0. The van der Waals surface area contributed by atoms with Crippen LogP contribution in [0.2, 0.25) is 0 Å². The van der Waals surface area contributed by atoms with Crippen LogP contribution < -0.4 is 10.6 Å². The molecule has 2 aromatic rings. The highest BCUT2D eigenvalue weighted by molar-refractivity contribution is 6.19. The summed E-state index contributed by atoms with van der Waals surface area (Å²) in [7, 11) is 0. The largest absolute Gasteiger partial charge is 0.386 e. The summed E-state index contributed by atoms with van der Waals surface area (Å²) in [5, 5.41) is 4.51. The maximum absolute atomic E-state index is 14.3. The molecule has 0 aliphatic rings. The number of anilines is 1. The van der Waals surface area contributed by atoms with E-state index in [-0.39, 0.29) is 5.69 Å². The molecular formula is C20H20F2N2O3. The fourth-order valence-electron chi connectivity index (χ4n) is 2.43. The highest BCUT2D eigenvalue weighted by Crippen LogP contribution is 2.26. The van der Waals surface area contributed by atoms with Crippen molar-refractivity contribution < 1.29 is 23.2 Å². The number of aryl methyl sites for hydroxylation is 1. The van der Waals surface area contributed by atoms with Crippen LogP contribution in [0, 0.1) is 6.92 Å². The number of carbonyl (C=O) groups is 3. The second-order valence-electron chi connectivity index (χ2n) is 6.35. The first-order chi connectivity index (χ1) is 12.6. The van der Waals surface area contributed by atoms with Gasteiger partial charge in [-0.1, -0.05) is 30.3 Å². The van der Waals surface area contributed by atoms with Crippen LogP contribution in [-0.4, -0.2) is 29.6 Å². The van der Waals surface area contributed by atoms with Gasteiger partial charge in [0.2, 0.25) is 5.78 Å². The van der Waals surface area contributed by atoms with Crippen LogP contribution in [0.4, 0.5) is 14.5 Å². The number of amides is 2. The van der Waals surface area contributed by atoms with Gasteiger partial charge in [-0.05, 0) is 44.5 Å². The van der Waals surface area contributed by atoms with E-state index in [1.165, 1.54) is 32.0 Å². The Labute approximate surface area is 155 Å². The zero-order chi connectivity index (χ0) is 20.2. The molecule has 0 saturated heterocycles. The lowest BCUT2D eigenvalue weighted by molar-refractivity contribution is -0.139.